The monoisotopic (exact) mass is 471 g/mol. The Morgan fingerprint density at radius 2 is 2.03 bits per heavy atom. The minimum Gasteiger partial charge on any atom is -0.377 e. The van der Waals surface area contributed by atoms with Crippen LogP contribution in [0.25, 0.3) is 0 Å². The molecule has 2 amide bonds. The molecule has 2 aromatic rings. The van der Waals surface area contributed by atoms with Gasteiger partial charge in [-0.25, -0.2) is 4.39 Å². The van der Waals surface area contributed by atoms with E-state index in [9.17, 15) is 27.2 Å². The number of aromatic nitrogens is 1. The summed E-state index contributed by atoms with van der Waals surface area (Å²) < 4.78 is 64.5. The highest BCUT2D eigenvalue weighted by Crippen LogP contribution is 2.41. The first-order valence-electron chi connectivity index (χ1n) is 10.4. The molecular weight excluding hydrogens is 446 g/mol. The van der Waals surface area contributed by atoms with E-state index in [2.05, 4.69) is 15.8 Å². The number of amides is 2. The predicted octanol–water partition coefficient (Wildman–Crippen LogP) is 3.84. The van der Waals surface area contributed by atoms with E-state index in [0.717, 1.165) is 19.9 Å². The molecule has 1 aliphatic rings. The van der Waals surface area contributed by atoms with Crippen LogP contribution in [-0.2, 0) is 26.2 Å². The lowest BCUT2D eigenvalue weighted by Gasteiger charge is -2.31. The number of hydrogen-bond acceptors (Lipinski definition) is 5. The third kappa shape index (κ3) is 5.52. The van der Waals surface area contributed by atoms with Crippen molar-refractivity contribution in [2.45, 2.75) is 57.2 Å². The van der Waals surface area contributed by atoms with Gasteiger partial charge in [-0.05, 0) is 38.0 Å². The smallest absolute Gasteiger partial charge is 0.377 e. The van der Waals surface area contributed by atoms with E-state index in [4.69, 9.17) is 9.26 Å². The van der Waals surface area contributed by atoms with Crippen molar-refractivity contribution in [3.05, 3.63) is 47.0 Å². The van der Waals surface area contributed by atoms with E-state index in [1.165, 1.54) is 12.1 Å². The van der Waals surface area contributed by atoms with Crippen molar-refractivity contribution in [2.24, 2.45) is 0 Å². The summed E-state index contributed by atoms with van der Waals surface area (Å²) in [4.78, 5) is 23.9. The average Bonchev–Trinajstić information content (AvgIpc) is 3.18. The maximum absolute atomic E-state index is 14.7. The average molecular weight is 471 g/mol. The van der Waals surface area contributed by atoms with Gasteiger partial charge in [0.15, 0.2) is 11.6 Å². The van der Waals surface area contributed by atoms with Gasteiger partial charge >= 0.3 is 6.18 Å². The number of carbonyl (C=O) groups excluding carboxylic acids is 2. The molecule has 0 radical (unpaired) electrons. The molecule has 0 bridgehead atoms. The second kappa shape index (κ2) is 9.50. The number of nitrogens with one attached hydrogen (secondary N) is 2. The molecule has 2 heterocycles. The Labute approximate surface area is 187 Å². The molecule has 33 heavy (non-hydrogen) atoms. The number of halogens is 4. The first-order chi connectivity index (χ1) is 15.4. The lowest BCUT2D eigenvalue weighted by Crippen LogP contribution is -2.43. The summed E-state index contributed by atoms with van der Waals surface area (Å²) in [6, 6.07) is 5.43. The fourth-order valence-electron chi connectivity index (χ4n) is 3.54. The van der Waals surface area contributed by atoms with Crippen molar-refractivity contribution in [3.8, 4) is 0 Å². The normalized spacial score (nSPS) is 19.3. The second-order valence-electron chi connectivity index (χ2n) is 8.38. The van der Waals surface area contributed by atoms with Crippen LogP contribution in [0.4, 0.5) is 23.4 Å². The number of hydrogen-bond donors (Lipinski definition) is 2. The summed E-state index contributed by atoms with van der Waals surface area (Å²) in [5.41, 5.74) is -1.56. The molecular formula is C22H25F4N3O4. The second-order valence-corrected chi connectivity index (χ2v) is 8.38. The minimum atomic E-state index is -4.57. The minimum absolute atomic E-state index is 0.100. The van der Waals surface area contributed by atoms with Crippen LogP contribution < -0.4 is 10.6 Å². The molecule has 7 nitrogen and oxygen atoms in total. The largest absolute Gasteiger partial charge is 0.401 e. The van der Waals surface area contributed by atoms with Gasteiger partial charge in [-0.2, -0.15) is 13.2 Å². The third-order valence-corrected chi connectivity index (χ3v) is 5.69. The van der Waals surface area contributed by atoms with Crippen molar-refractivity contribution in [2.75, 3.05) is 18.5 Å². The molecule has 2 N–H and O–H groups in total. The molecule has 1 aromatic heterocycles. The van der Waals surface area contributed by atoms with Crippen molar-refractivity contribution >= 4 is 17.6 Å². The number of anilines is 1. The molecule has 1 aromatic carbocycles. The molecule has 1 aliphatic heterocycles. The van der Waals surface area contributed by atoms with E-state index in [0.29, 0.717) is 18.7 Å². The lowest BCUT2D eigenvalue weighted by molar-refractivity contribution is -0.185. The quantitative estimate of drug-likeness (QED) is 0.599. The fraction of sp³-hybridized carbons (Fsp3) is 0.500. The highest BCUT2D eigenvalue weighted by molar-refractivity contribution is 5.91. The van der Waals surface area contributed by atoms with Crippen LogP contribution in [-0.4, -0.2) is 42.4 Å². The standard InChI is InChI=1S/C22H25F4N3O4/c1-4-32-16-9-19(30)27-11-14(16)12-5-6-13(15(23)7-12)8-20(31)28-18-10-17(33-29-18)21(2,3)22(24,25)26/h5-7,10,14,16H,4,8-9,11H2,1-3H3,(H,27,30)(H,28,29,31). The lowest BCUT2D eigenvalue weighted by atomic mass is 9.87. The summed E-state index contributed by atoms with van der Waals surface area (Å²) in [5.74, 6) is -2.29. The first-order valence-corrected chi connectivity index (χ1v) is 10.4. The maximum Gasteiger partial charge on any atom is 0.401 e. The SMILES string of the molecule is CCOC1CC(=O)NCC1c1ccc(CC(=O)Nc2cc(C(C)(C)C(F)(F)F)on2)c(F)c1. The zero-order chi connectivity index (χ0) is 24.4. The van der Waals surface area contributed by atoms with Crippen LogP contribution in [0.2, 0.25) is 0 Å². The van der Waals surface area contributed by atoms with Crippen LogP contribution in [0.15, 0.2) is 28.8 Å². The van der Waals surface area contributed by atoms with Crippen LogP contribution in [0.1, 0.15) is 50.0 Å². The van der Waals surface area contributed by atoms with Gasteiger partial charge in [0, 0.05) is 25.1 Å². The number of ether oxygens (including phenoxy) is 1. The van der Waals surface area contributed by atoms with Gasteiger partial charge in [0.2, 0.25) is 11.8 Å². The molecule has 2 atom stereocenters. The summed E-state index contributed by atoms with van der Waals surface area (Å²) >= 11 is 0. The van der Waals surface area contributed by atoms with Gasteiger partial charge in [0.05, 0.1) is 18.9 Å². The van der Waals surface area contributed by atoms with Crippen molar-refractivity contribution in [1.82, 2.24) is 10.5 Å². The molecule has 1 saturated heterocycles. The van der Waals surface area contributed by atoms with Crippen molar-refractivity contribution in [1.29, 1.82) is 0 Å². The number of benzene rings is 1. The fourth-order valence-corrected chi connectivity index (χ4v) is 3.54. The van der Waals surface area contributed by atoms with E-state index in [1.807, 2.05) is 6.92 Å². The van der Waals surface area contributed by atoms with Crippen LogP contribution in [0.5, 0.6) is 0 Å². The number of nitrogens with zero attached hydrogens (tertiary/aromatic N) is 1. The summed E-state index contributed by atoms with van der Waals surface area (Å²) in [6.07, 6.45) is -5.12. The van der Waals surface area contributed by atoms with Crippen LogP contribution in [0, 0.1) is 5.82 Å². The predicted molar refractivity (Wildman–Crippen MR) is 110 cm³/mol. The molecule has 180 valence electrons. The van der Waals surface area contributed by atoms with Gasteiger partial charge in [-0.3, -0.25) is 9.59 Å². The molecule has 0 saturated carbocycles. The van der Waals surface area contributed by atoms with Gasteiger partial charge < -0.3 is 19.9 Å². The molecule has 11 heteroatoms. The molecule has 2 unspecified atom stereocenters. The van der Waals surface area contributed by atoms with Gasteiger partial charge in [-0.1, -0.05) is 17.3 Å². The number of piperidine rings is 1. The number of rotatable bonds is 7. The maximum atomic E-state index is 14.7. The summed E-state index contributed by atoms with van der Waals surface area (Å²) in [7, 11) is 0. The van der Waals surface area contributed by atoms with Crippen LogP contribution in [0.3, 0.4) is 0 Å². The van der Waals surface area contributed by atoms with Crippen molar-refractivity contribution in [3.63, 3.8) is 0 Å². The van der Waals surface area contributed by atoms with Gasteiger partial charge in [0.25, 0.3) is 0 Å². The first kappa shape index (κ1) is 24.7. The zero-order valence-electron chi connectivity index (χ0n) is 18.4. The third-order valence-electron chi connectivity index (χ3n) is 5.69. The Bertz CT molecular complexity index is 1020. The Morgan fingerprint density at radius 3 is 2.67 bits per heavy atom. The van der Waals surface area contributed by atoms with E-state index in [1.54, 1.807) is 6.07 Å². The number of alkyl halides is 3. The van der Waals surface area contributed by atoms with Crippen LogP contribution >= 0.6 is 0 Å². The molecule has 0 aliphatic carbocycles. The van der Waals surface area contributed by atoms with Crippen molar-refractivity contribution < 1.29 is 36.4 Å². The Kier molecular flexibility index (Phi) is 7.11. The molecule has 1 fully saturated rings. The number of carbonyl (C=O) groups is 2. The van der Waals surface area contributed by atoms with Gasteiger partial charge in [0.1, 0.15) is 11.2 Å². The van der Waals surface area contributed by atoms with E-state index >= 15 is 0 Å². The molecule has 3 rings (SSSR count). The Balaban J connectivity index is 1.67. The Hall–Kier alpha value is -2.95. The zero-order valence-corrected chi connectivity index (χ0v) is 18.4. The van der Waals surface area contributed by atoms with E-state index < -0.39 is 29.1 Å². The van der Waals surface area contributed by atoms with Gasteiger partial charge in [-0.15, -0.1) is 0 Å². The summed E-state index contributed by atoms with van der Waals surface area (Å²) in [5, 5.41) is 8.52. The Morgan fingerprint density at radius 1 is 1.30 bits per heavy atom. The van der Waals surface area contributed by atoms with E-state index in [-0.39, 0.29) is 42.2 Å². The summed E-state index contributed by atoms with van der Waals surface area (Å²) in [6.45, 7) is 4.41. The highest BCUT2D eigenvalue weighted by Gasteiger charge is 2.51. The topological polar surface area (TPSA) is 93.5 Å². The molecule has 0 spiro atoms. The highest BCUT2D eigenvalue weighted by atomic mass is 19.4.